The van der Waals surface area contributed by atoms with Crippen molar-refractivity contribution in [1.29, 1.82) is 0 Å². The van der Waals surface area contributed by atoms with E-state index in [9.17, 15) is 9.18 Å². The number of amides is 1. The number of hydrogen-bond acceptors (Lipinski definition) is 7. The summed E-state index contributed by atoms with van der Waals surface area (Å²) < 4.78 is 16.3. The first-order valence-corrected chi connectivity index (χ1v) is 10.4. The SMILES string of the molecule is C=CC(=O)Nc1ccc(F)c(Nc2nc(Nc3cnn(C)c3)ncc2N2CCCCC2)c1. The fraction of sp³-hybridized carbons (Fsp3) is 0.273. The molecule has 1 amide bonds. The second-order valence-electron chi connectivity index (χ2n) is 7.52. The van der Waals surface area contributed by atoms with Crippen LogP contribution in [-0.2, 0) is 11.8 Å². The van der Waals surface area contributed by atoms with Crippen LogP contribution in [0.5, 0.6) is 0 Å². The van der Waals surface area contributed by atoms with E-state index in [1.807, 2.05) is 7.05 Å². The fourth-order valence-corrected chi connectivity index (χ4v) is 3.53. The molecule has 1 aliphatic rings. The van der Waals surface area contributed by atoms with Crippen LogP contribution in [0.4, 0.5) is 38.9 Å². The molecule has 9 nitrogen and oxygen atoms in total. The van der Waals surface area contributed by atoms with Crippen LogP contribution in [0.1, 0.15) is 19.3 Å². The van der Waals surface area contributed by atoms with Gasteiger partial charge in [0.1, 0.15) is 5.82 Å². The first-order chi connectivity index (χ1) is 15.5. The zero-order valence-corrected chi connectivity index (χ0v) is 17.8. The molecule has 1 aromatic carbocycles. The van der Waals surface area contributed by atoms with Crippen LogP contribution in [0.3, 0.4) is 0 Å². The minimum atomic E-state index is -0.466. The maximum atomic E-state index is 14.6. The molecule has 0 radical (unpaired) electrons. The molecule has 0 aliphatic carbocycles. The van der Waals surface area contributed by atoms with Gasteiger partial charge in [0, 0.05) is 32.0 Å². The number of nitrogens with zero attached hydrogens (tertiary/aromatic N) is 5. The molecular formula is C22H25FN8O. The predicted molar refractivity (Wildman–Crippen MR) is 123 cm³/mol. The zero-order chi connectivity index (χ0) is 22.5. The lowest BCUT2D eigenvalue weighted by molar-refractivity contribution is -0.111. The number of piperidine rings is 1. The van der Waals surface area contributed by atoms with Crippen molar-refractivity contribution in [2.24, 2.45) is 7.05 Å². The van der Waals surface area contributed by atoms with Gasteiger partial charge in [-0.1, -0.05) is 6.58 Å². The summed E-state index contributed by atoms with van der Waals surface area (Å²) in [7, 11) is 1.82. The van der Waals surface area contributed by atoms with E-state index in [0.29, 0.717) is 17.5 Å². The Balaban J connectivity index is 1.66. The molecule has 4 rings (SSSR count). The van der Waals surface area contributed by atoms with Gasteiger partial charge in [0.15, 0.2) is 5.82 Å². The van der Waals surface area contributed by atoms with Gasteiger partial charge in [-0.2, -0.15) is 10.1 Å². The molecule has 3 N–H and O–H groups in total. The van der Waals surface area contributed by atoms with Gasteiger partial charge in [0.2, 0.25) is 11.9 Å². The van der Waals surface area contributed by atoms with E-state index in [2.05, 4.69) is 42.5 Å². The number of carbonyl (C=O) groups is 1. The van der Waals surface area contributed by atoms with Crippen molar-refractivity contribution >= 4 is 40.4 Å². The first kappa shape index (κ1) is 21.3. The number of rotatable bonds is 7. The highest BCUT2D eigenvalue weighted by Gasteiger charge is 2.18. The Kier molecular flexibility index (Phi) is 6.29. The summed E-state index contributed by atoms with van der Waals surface area (Å²) in [6.07, 6.45) is 9.70. The summed E-state index contributed by atoms with van der Waals surface area (Å²) in [5.41, 5.74) is 2.17. The molecule has 0 unspecified atom stereocenters. The minimum Gasteiger partial charge on any atom is -0.367 e. The molecule has 1 aliphatic heterocycles. The smallest absolute Gasteiger partial charge is 0.247 e. The molecule has 1 saturated heterocycles. The molecule has 1 fully saturated rings. The van der Waals surface area contributed by atoms with E-state index in [-0.39, 0.29) is 11.6 Å². The van der Waals surface area contributed by atoms with Crippen molar-refractivity contribution in [2.45, 2.75) is 19.3 Å². The molecule has 2 aromatic heterocycles. The van der Waals surface area contributed by atoms with Gasteiger partial charge >= 0.3 is 0 Å². The van der Waals surface area contributed by atoms with Crippen LogP contribution >= 0.6 is 0 Å². The molecular weight excluding hydrogens is 411 g/mol. The molecule has 3 aromatic rings. The number of aryl methyl sites for hydroxylation is 1. The Labute approximate surface area is 185 Å². The molecule has 0 spiro atoms. The molecule has 0 saturated carbocycles. The van der Waals surface area contributed by atoms with E-state index in [4.69, 9.17) is 0 Å². The number of benzene rings is 1. The van der Waals surface area contributed by atoms with E-state index in [0.717, 1.165) is 43.4 Å². The van der Waals surface area contributed by atoms with Gasteiger partial charge in [0.05, 0.1) is 29.5 Å². The van der Waals surface area contributed by atoms with Gasteiger partial charge in [-0.3, -0.25) is 9.48 Å². The number of carbonyl (C=O) groups excluding carboxylic acids is 1. The largest absolute Gasteiger partial charge is 0.367 e. The van der Waals surface area contributed by atoms with Gasteiger partial charge in [0.25, 0.3) is 0 Å². The Morgan fingerprint density at radius 3 is 2.69 bits per heavy atom. The molecule has 32 heavy (non-hydrogen) atoms. The summed E-state index contributed by atoms with van der Waals surface area (Å²) in [4.78, 5) is 22.9. The summed E-state index contributed by atoms with van der Waals surface area (Å²) in [5.74, 6) is -0.00898. The highest BCUT2D eigenvalue weighted by Crippen LogP contribution is 2.32. The molecule has 0 bridgehead atoms. The summed E-state index contributed by atoms with van der Waals surface area (Å²) in [6, 6.07) is 4.30. The van der Waals surface area contributed by atoms with E-state index >= 15 is 0 Å². The van der Waals surface area contributed by atoms with Crippen molar-refractivity contribution in [2.75, 3.05) is 33.9 Å². The maximum absolute atomic E-state index is 14.6. The lowest BCUT2D eigenvalue weighted by Gasteiger charge is -2.30. The van der Waals surface area contributed by atoms with Crippen molar-refractivity contribution < 1.29 is 9.18 Å². The average molecular weight is 436 g/mol. The van der Waals surface area contributed by atoms with Gasteiger partial charge in [-0.05, 0) is 43.5 Å². The minimum absolute atomic E-state index is 0.191. The standard InChI is InChI=1S/C22H25FN8O/c1-3-20(32)26-15-7-8-17(23)18(11-15)28-21-19(31-9-5-4-6-10-31)13-24-22(29-21)27-16-12-25-30(2)14-16/h3,7-8,11-14H,1,4-6,9-10H2,2H3,(H,26,32)(H2,24,27,28,29). The average Bonchev–Trinajstić information content (AvgIpc) is 3.21. The third kappa shape index (κ3) is 5.02. The zero-order valence-electron chi connectivity index (χ0n) is 17.8. The van der Waals surface area contributed by atoms with Crippen LogP contribution in [0.25, 0.3) is 0 Å². The van der Waals surface area contributed by atoms with E-state index in [1.54, 1.807) is 23.3 Å². The number of aromatic nitrogens is 4. The maximum Gasteiger partial charge on any atom is 0.247 e. The second-order valence-corrected chi connectivity index (χ2v) is 7.52. The highest BCUT2D eigenvalue weighted by atomic mass is 19.1. The van der Waals surface area contributed by atoms with Crippen LogP contribution in [-0.4, -0.2) is 38.7 Å². The normalized spacial score (nSPS) is 13.5. The third-order valence-electron chi connectivity index (χ3n) is 5.10. The highest BCUT2D eigenvalue weighted by molar-refractivity contribution is 5.99. The third-order valence-corrected chi connectivity index (χ3v) is 5.10. The number of hydrogen-bond donors (Lipinski definition) is 3. The number of nitrogens with one attached hydrogen (secondary N) is 3. The Bertz CT molecular complexity index is 1120. The van der Waals surface area contributed by atoms with Crippen molar-refractivity contribution in [3.05, 3.63) is 55.3 Å². The van der Waals surface area contributed by atoms with Crippen LogP contribution in [0.15, 0.2) is 49.4 Å². The van der Waals surface area contributed by atoms with Crippen molar-refractivity contribution in [1.82, 2.24) is 19.7 Å². The quantitative estimate of drug-likeness (QED) is 0.482. The van der Waals surface area contributed by atoms with Crippen LogP contribution in [0.2, 0.25) is 0 Å². The van der Waals surface area contributed by atoms with Crippen LogP contribution in [0, 0.1) is 5.82 Å². The van der Waals surface area contributed by atoms with Gasteiger partial charge in [-0.15, -0.1) is 0 Å². The number of anilines is 6. The lowest BCUT2D eigenvalue weighted by atomic mass is 10.1. The second kappa shape index (κ2) is 9.46. The Hall–Kier alpha value is -3.95. The molecule has 0 atom stereocenters. The van der Waals surface area contributed by atoms with Crippen molar-refractivity contribution in [3.8, 4) is 0 Å². The molecule has 10 heteroatoms. The fourth-order valence-electron chi connectivity index (χ4n) is 3.53. The van der Waals surface area contributed by atoms with Crippen molar-refractivity contribution in [3.63, 3.8) is 0 Å². The first-order valence-electron chi connectivity index (χ1n) is 10.4. The lowest BCUT2D eigenvalue weighted by Crippen LogP contribution is -2.30. The Morgan fingerprint density at radius 2 is 1.97 bits per heavy atom. The van der Waals surface area contributed by atoms with Crippen LogP contribution < -0.4 is 20.9 Å². The number of halogens is 1. The van der Waals surface area contributed by atoms with Gasteiger partial charge < -0.3 is 20.9 Å². The van der Waals surface area contributed by atoms with Gasteiger partial charge in [-0.25, -0.2) is 9.37 Å². The summed E-state index contributed by atoms with van der Waals surface area (Å²) in [5, 5.41) is 13.0. The summed E-state index contributed by atoms with van der Waals surface area (Å²) >= 11 is 0. The molecule has 3 heterocycles. The predicted octanol–water partition coefficient (Wildman–Crippen LogP) is 3.95. The topological polar surface area (TPSA) is 100 Å². The van der Waals surface area contributed by atoms with E-state index in [1.165, 1.54) is 24.6 Å². The Morgan fingerprint density at radius 1 is 1.16 bits per heavy atom. The molecule has 166 valence electrons. The summed E-state index contributed by atoms with van der Waals surface area (Å²) in [6.45, 7) is 5.20. The van der Waals surface area contributed by atoms with E-state index < -0.39 is 5.82 Å². The monoisotopic (exact) mass is 436 g/mol.